The molecular weight excluding hydrogens is 338 g/mol. The number of methoxy groups -OCH3 is 1. The molecule has 1 aliphatic rings. The molecule has 136 valence electrons. The van der Waals surface area contributed by atoms with E-state index in [4.69, 9.17) is 10.5 Å². The van der Waals surface area contributed by atoms with Gasteiger partial charge in [-0.15, -0.1) is 0 Å². The lowest BCUT2D eigenvalue weighted by Gasteiger charge is -2.20. The van der Waals surface area contributed by atoms with Gasteiger partial charge in [-0.2, -0.15) is 5.26 Å². The van der Waals surface area contributed by atoms with Gasteiger partial charge >= 0.3 is 5.97 Å². The zero-order valence-corrected chi connectivity index (χ0v) is 15.2. The summed E-state index contributed by atoms with van der Waals surface area (Å²) in [6.07, 6.45) is 3.30. The number of rotatable bonds is 5. The van der Waals surface area contributed by atoms with Gasteiger partial charge in [-0.3, -0.25) is 0 Å². The fourth-order valence-corrected chi connectivity index (χ4v) is 3.10. The van der Waals surface area contributed by atoms with Crippen molar-refractivity contribution in [1.82, 2.24) is 5.32 Å². The van der Waals surface area contributed by atoms with Crippen molar-refractivity contribution in [2.75, 3.05) is 7.11 Å². The van der Waals surface area contributed by atoms with Crippen LogP contribution in [-0.4, -0.2) is 13.1 Å². The molecule has 0 radical (unpaired) electrons. The maximum absolute atomic E-state index is 11.9. The number of benzene rings is 2. The number of hydrogen-bond acceptors (Lipinski definition) is 5. The van der Waals surface area contributed by atoms with Crippen molar-refractivity contribution in [3.05, 3.63) is 82.7 Å². The number of ether oxygens (including phenoxy) is 1. The molecule has 0 aliphatic heterocycles. The Labute approximate surface area is 158 Å². The minimum absolute atomic E-state index is 0.386. The average molecular weight is 359 g/mol. The molecule has 0 fully saturated rings. The SMILES string of the molecule is COC(=O)C1=CCCC(N)=C1NCc1ccc(-c2ccccc2C#N)cc1. The van der Waals surface area contributed by atoms with Crippen molar-refractivity contribution >= 4 is 5.97 Å². The number of nitrogens with two attached hydrogens (primary N) is 1. The van der Waals surface area contributed by atoms with Crippen molar-refractivity contribution in [1.29, 1.82) is 5.26 Å². The smallest absolute Gasteiger partial charge is 0.339 e. The van der Waals surface area contributed by atoms with E-state index in [1.165, 1.54) is 7.11 Å². The Kier molecular flexibility index (Phi) is 5.58. The minimum atomic E-state index is -0.386. The highest BCUT2D eigenvalue weighted by Crippen LogP contribution is 2.24. The summed E-state index contributed by atoms with van der Waals surface area (Å²) in [4.78, 5) is 11.9. The van der Waals surface area contributed by atoms with Crippen LogP contribution in [0.4, 0.5) is 0 Å². The van der Waals surface area contributed by atoms with E-state index in [1.54, 1.807) is 0 Å². The standard InChI is InChI=1S/C22H21N3O2/c1-27-22(26)19-7-4-8-20(24)21(19)25-14-15-9-11-16(12-10-15)18-6-3-2-5-17(18)13-23/h2-3,5-7,9-12,25H,4,8,14,24H2,1H3. The lowest BCUT2D eigenvalue weighted by Crippen LogP contribution is -2.25. The van der Waals surface area contributed by atoms with Gasteiger partial charge in [0.25, 0.3) is 0 Å². The third-order valence-corrected chi connectivity index (χ3v) is 4.54. The fraction of sp³-hybridized carbons (Fsp3) is 0.182. The molecule has 2 aromatic carbocycles. The minimum Gasteiger partial charge on any atom is -0.465 e. The molecule has 27 heavy (non-hydrogen) atoms. The first-order chi connectivity index (χ1) is 13.1. The summed E-state index contributed by atoms with van der Waals surface area (Å²) in [7, 11) is 1.36. The van der Waals surface area contributed by atoms with Crippen molar-refractivity contribution < 1.29 is 9.53 Å². The van der Waals surface area contributed by atoms with E-state index in [-0.39, 0.29) is 5.97 Å². The molecule has 5 nitrogen and oxygen atoms in total. The van der Waals surface area contributed by atoms with Gasteiger partial charge in [0, 0.05) is 12.2 Å². The van der Waals surface area contributed by atoms with Gasteiger partial charge in [0.1, 0.15) is 0 Å². The Balaban J connectivity index is 1.75. The number of nitriles is 1. The Bertz CT molecular complexity index is 950. The summed E-state index contributed by atoms with van der Waals surface area (Å²) in [6, 6.07) is 17.7. The molecule has 2 aromatic rings. The van der Waals surface area contributed by atoms with Gasteiger partial charge in [-0.1, -0.05) is 48.5 Å². The van der Waals surface area contributed by atoms with E-state index in [1.807, 2.05) is 54.6 Å². The van der Waals surface area contributed by atoms with Crippen LogP contribution in [0.5, 0.6) is 0 Å². The normalized spacial score (nSPS) is 13.6. The van der Waals surface area contributed by atoms with E-state index in [0.29, 0.717) is 35.5 Å². The Morgan fingerprint density at radius 2 is 1.96 bits per heavy atom. The maximum Gasteiger partial charge on any atom is 0.339 e. The third kappa shape index (κ3) is 4.01. The van der Waals surface area contributed by atoms with Gasteiger partial charge in [0.2, 0.25) is 0 Å². The molecule has 0 unspecified atom stereocenters. The lowest BCUT2D eigenvalue weighted by atomic mass is 9.98. The zero-order chi connectivity index (χ0) is 19.2. The van der Waals surface area contributed by atoms with Crippen LogP contribution in [0.3, 0.4) is 0 Å². The van der Waals surface area contributed by atoms with E-state index >= 15 is 0 Å². The summed E-state index contributed by atoms with van der Waals surface area (Å²) in [5.41, 5.74) is 11.5. The van der Waals surface area contributed by atoms with Gasteiger partial charge < -0.3 is 15.8 Å². The molecule has 0 spiro atoms. The van der Waals surface area contributed by atoms with Gasteiger partial charge in [0.05, 0.1) is 30.0 Å². The molecule has 3 N–H and O–H groups in total. The van der Waals surface area contributed by atoms with E-state index in [0.717, 1.165) is 23.1 Å². The quantitative estimate of drug-likeness (QED) is 0.799. The van der Waals surface area contributed by atoms with Crippen LogP contribution in [0, 0.1) is 11.3 Å². The molecule has 3 rings (SSSR count). The van der Waals surface area contributed by atoms with Crippen LogP contribution in [0.2, 0.25) is 0 Å². The van der Waals surface area contributed by atoms with Gasteiger partial charge in [0.15, 0.2) is 0 Å². The second-order valence-corrected chi connectivity index (χ2v) is 6.26. The molecule has 0 saturated carbocycles. The summed E-state index contributed by atoms with van der Waals surface area (Å²) >= 11 is 0. The molecule has 0 atom stereocenters. The summed E-state index contributed by atoms with van der Waals surface area (Å²) < 4.78 is 4.84. The number of hydrogen-bond donors (Lipinski definition) is 2. The van der Waals surface area contributed by atoms with Crippen LogP contribution in [0.25, 0.3) is 11.1 Å². The number of carbonyl (C=O) groups is 1. The highest BCUT2D eigenvalue weighted by Gasteiger charge is 2.20. The first-order valence-corrected chi connectivity index (χ1v) is 8.74. The van der Waals surface area contributed by atoms with Gasteiger partial charge in [-0.05, 0) is 35.6 Å². The van der Waals surface area contributed by atoms with Crippen molar-refractivity contribution in [2.45, 2.75) is 19.4 Å². The molecular formula is C22H21N3O2. The highest BCUT2D eigenvalue weighted by atomic mass is 16.5. The second-order valence-electron chi connectivity index (χ2n) is 6.26. The molecule has 0 heterocycles. The molecule has 0 saturated heterocycles. The topological polar surface area (TPSA) is 88.1 Å². The van der Waals surface area contributed by atoms with Crippen LogP contribution >= 0.6 is 0 Å². The van der Waals surface area contributed by atoms with Gasteiger partial charge in [-0.25, -0.2) is 4.79 Å². The molecule has 1 aliphatic carbocycles. The van der Waals surface area contributed by atoms with E-state index < -0.39 is 0 Å². The Hall–Kier alpha value is -3.52. The monoisotopic (exact) mass is 359 g/mol. The maximum atomic E-state index is 11.9. The fourth-order valence-electron chi connectivity index (χ4n) is 3.10. The predicted molar refractivity (Wildman–Crippen MR) is 104 cm³/mol. The lowest BCUT2D eigenvalue weighted by molar-refractivity contribution is -0.135. The van der Waals surface area contributed by atoms with E-state index in [2.05, 4.69) is 11.4 Å². The van der Waals surface area contributed by atoms with Crippen LogP contribution in [0.15, 0.2) is 71.6 Å². The predicted octanol–water partition coefficient (Wildman–Crippen LogP) is 3.38. The van der Waals surface area contributed by atoms with Crippen LogP contribution in [-0.2, 0) is 16.1 Å². The zero-order valence-electron chi connectivity index (χ0n) is 15.2. The summed E-state index contributed by atoms with van der Waals surface area (Å²) in [5.74, 6) is -0.386. The first-order valence-electron chi connectivity index (χ1n) is 8.74. The number of esters is 1. The number of nitrogens with zero attached hydrogens (tertiary/aromatic N) is 1. The average Bonchev–Trinajstić information content (AvgIpc) is 2.72. The Morgan fingerprint density at radius 1 is 1.22 bits per heavy atom. The number of nitrogens with one attached hydrogen (secondary N) is 1. The Morgan fingerprint density at radius 3 is 2.67 bits per heavy atom. The molecule has 0 bridgehead atoms. The molecule has 0 amide bonds. The highest BCUT2D eigenvalue weighted by molar-refractivity contribution is 5.93. The number of carbonyl (C=O) groups excluding carboxylic acids is 1. The first kappa shape index (κ1) is 18.3. The van der Waals surface area contributed by atoms with Crippen molar-refractivity contribution in [3.63, 3.8) is 0 Å². The van der Waals surface area contributed by atoms with Crippen molar-refractivity contribution in [3.8, 4) is 17.2 Å². The summed E-state index contributed by atoms with van der Waals surface area (Å²) in [6.45, 7) is 0.532. The van der Waals surface area contributed by atoms with E-state index in [9.17, 15) is 10.1 Å². The molecule has 0 aromatic heterocycles. The third-order valence-electron chi connectivity index (χ3n) is 4.54. The van der Waals surface area contributed by atoms with Crippen molar-refractivity contribution in [2.24, 2.45) is 5.73 Å². The second kappa shape index (κ2) is 8.24. The van der Waals surface area contributed by atoms with Crippen LogP contribution in [0.1, 0.15) is 24.0 Å². The van der Waals surface area contributed by atoms with Crippen LogP contribution < -0.4 is 11.1 Å². The molecule has 5 heteroatoms. The largest absolute Gasteiger partial charge is 0.465 e. The summed E-state index contributed by atoms with van der Waals surface area (Å²) in [5, 5.41) is 12.5. The number of allylic oxidation sites excluding steroid dienone is 2.